The fraction of sp³-hybridized carbons (Fsp3) is 0. The maximum absolute atomic E-state index is 8.93. The Morgan fingerprint density at radius 2 is 1.65 bits per heavy atom. The SMILES string of the molecule is N#Cc1ccccc1C#Cc1cccc(Br)c1. The highest BCUT2D eigenvalue weighted by molar-refractivity contribution is 9.10. The van der Waals surface area contributed by atoms with Gasteiger partial charge in [-0.05, 0) is 30.3 Å². The van der Waals surface area contributed by atoms with Crippen molar-refractivity contribution in [3.05, 3.63) is 69.7 Å². The van der Waals surface area contributed by atoms with E-state index >= 15 is 0 Å². The summed E-state index contributed by atoms with van der Waals surface area (Å²) in [4.78, 5) is 0. The molecule has 0 amide bonds. The first kappa shape index (κ1) is 11.5. The van der Waals surface area contributed by atoms with E-state index in [1.54, 1.807) is 6.07 Å². The number of rotatable bonds is 0. The summed E-state index contributed by atoms with van der Waals surface area (Å²) in [5, 5.41) is 8.93. The van der Waals surface area contributed by atoms with Crippen LogP contribution in [-0.2, 0) is 0 Å². The number of nitrogens with zero attached hydrogens (tertiary/aromatic N) is 1. The highest BCUT2D eigenvalue weighted by Crippen LogP contribution is 2.11. The minimum absolute atomic E-state index is 0.606. The van der Waals surface area contributed by atoms with E-state index in [1.807, 2.05) is 42.5 Å². The van der Waals surface area contributed by atoms with Crippen molar-refractivity contribution < 1.29 is 0 Å². The highest BCUT2D eigenvalue weighted by atomic mass is 79.9. The summed E-state index contributed by atoms with van der Waals surface area (Å²) >= 11 is 3.40. The van der Waals surface area contributed by atoms with Gasteiger partial charge >= 0.3 is 0 Å². The second-order valence-electron chi connectivity index (χ2n) is 3.42. The van der Waals surface area contributed by atoms with Gasteiger partial charge in [0.1, 0.15) is 6.07 Å². The molecule has 2 aromatic carbocycles. The van der Waals surface area contributed by atoms with Crippen molar-refractivity contribution in [3.8, 4) is 17.9 Å². The minimum Gasteiger partial charge on any atom is -0.192 e. The summed E-state index contributed by atoms with van der Waals surface area (Å²) in [6.07, 6.45) is 0. The van der Waals surface area contributed by atoms with Crippen LogP contribution in [0.4, 0.5) is 0 Å². The van der Waals surface area contributed by atoms with Crippen molar-refractivity contribution in [2.24, 2.45) is 0 Å². The molecule has 0 heterocycles. The number of nitriles is 1. The molecular weight excluding hydrogens is 274 g/mol. The van der Waals surface area contributed by atoms with E-state index in [-0.39, 0.29) is 0 Å². The zero-order chi connectivity index (χ0) is 12.1. The zero-order valence-electron chi connectivity index (χ0n) is 8.94. The predicted octanol–water partition coefficient (Wildman–Crippen LogP) is 3.72. The van der Waals surface area contributed by atoms with E-state index in [0.29, 0.717) is 5.56 Å². The summed E-state index contributed by atoms with van der Waals surface area (Å²) in [6.45, 7) is 0. The summed E-state index contributed by atoms with van der Waals surface area (Å²) < 4.78 is 0.998. The molecule has 0 atom stereocenters. The van der Waals surface area contributed by atoms with Gasteiger partial charge in [0.05, 0.1) is 5.56 Å². The maximum Gasteiger partial charge on any atom is 0.100 e. The van der Waals surface area contributed by atoms with E-state index in [4.69, 9.17) is 5.26 Å². The van der Waals surface area contributed by atoms with Gasteiger partial charge in [0.15, 0.2) is 0 Å². The summed E-state index contributed by atoms with van der Waals surface area (Å²) in [5.41, 5.74) is 2.29. The van der Waals surface area contributed by atoms with Crippen LogP contribution in [0, 0.1) is 23.2 Å². The van der Waals surface area contributed by atoms with E-state index in [1.165, 1.54) is 0 Å². The topological polar surface area (TPSA) is 23.8 Å². The van der Waals surface area contributed by atoms with Crippen LogP contribution in [0.1, 0.15) is 16.7 Å². The number of hydrogen-bond acceptors (Lipinski definition) is 1. The molecule has 0 aliphatic carbocycles. The average molecular weight is 282 g/mol. The first-order chi connectivity index (χ1) is 8.29. The van der Waals surface area contributed by atoms with Gasteiger partial charge in [-0.1, -0.05) is 46.0 Å². The maximum atomic E-state index is 8.93. The van der Waals surface area contributed by atoms with Gasteiger partial charge in [-0.15, -0.1) is 0 Å². The van der Waals surface area contributed by atoms with Crippen molar-refractivity contribution in [2.45, 2.75) is 0 Å². The molecule has 0 aromatic heterocycles. The standard InChI is InChI=1S/C15H8BrN/c16-15-7-3-4-12(10-15)8-9-13-5-1-2-6-14(13)11-17/h1-7,10H. The molecule has 80 valence electrons. The number of hydrogen-bond donors (Lipinski definition) is 0. The van der Waals surface area contributed by atoms with Crippen LogP contribution in [0.5, 0.6) is 0 Å². The van der Waals surface area contributed by atoms with Crippen molar-refractivity contribution in [3.63, 3.8) is 0 Å². The Kier molecular flexibility index (Phi) is 3.60. The fourth-order valence-electron chi connectivity index (χ4n) is 1.40. The van der Waals surface area contributed by atoms with Crippen LogP contribution in [0.15, 0.2) is 53.0 Å². The highest BCUT2D eigenvalue weighted by Gasteiger charge is 1.95. The average Bonchev–Trinajstić information content (AvgIpc) is 2.37. The summed E-state index contributed by atoms with van der Waals surface area (Å²) in [5.74, 6) is 6.06. The third-order valence-electron chi connectivity index (χ3n) is 2.21. The molecule has 0 aliphatic rings. The van der Waals surface area contributed by atoms with E-state index < -0.39 is 0 Å². The van der Waals surface area contributed by atoms with Crippen LogP contribution in [0.3, 0.4) is 0 Å². The third-order valence-corrected chi connectivity index (χ3v) is 2.71. The van der Waals surface area contributed by atoms with Crippen molar-refractivity contribution in [2.75, 3.05) is 0 Å². The molecule has 0 aliphatic heterocycles. The van der Waals surface area contributed by atoms with Gasteiger partial charge in [0, 0.05) is 15.6 Å². The monoisotopic (exact) mass is 281 g/mol. The Labute approximate surface area is 109 Å². The van der Waals surface area contributed by atoms with Gasteiger partial charge in [0.25, 0.3) is 0 Å². The Hall–Kier alpha value is -2.03. The van der Waals surface area contributed by atoms with Crippen molar-refractivity contribution in [1.82, 2.24) is 0 Å². The largest absolute Gasteiger partial charge is 0.192 e. The molecule has 2 aromatic rings. The molecule has 0 spiro atoms. The van der Waals surface area contributed by atoms with Crippen molar-refractivity contribution >= 4 is 15.9 Å². The molecule has 0 saturated heterocycles. The van der Waals surface area contributed by atoms with Gasteiger partial charge in [0.2, 0.25) is 0 Å². The van der Waals surface area contributed by atoms with Gasteiger partial charge in [-0.25, -0.2) is 0 Å². The number of halogens is 1. The van der Waals surface area contributed by atoms with Crippen LogP contribution in [-0.4, -0.2) is 0 Å². The lowest BCUT2D eigenvalue weighted by molar-refractivity contribution is 1.47. The molecule has 2 rings (SSSR count). The quantitative estimate of drug-likeness (QED) is 0.675. The summed E-state index contributed by atoms with van der Waals surface area (Å²) in [7, 11) is 0. The second-order valence-corrected chi connectivity index (χ2v) is 4.33. The van der Waals surface area contributed by atoms with E-state index in [9.17, 15) is 0 Å². The molecule has 0 bridgehead atoms. The molecule has 0 unspecified atom stereocenters. The van der Waals surface area contributed by atoms with Gasteiger partial charge < -0.3 is 0 Å². The fourth-order valence-corrected chi connectivity index (χ4v) is 1.79. The second kappa shape index (κ2) is 5.34. The Morgan fingerprint density at radius 3 is 2.35 bits per heavy atom. The van der Waals surface area contributed by atoms with E-state index in [2.05, 4.69) is 33.8 Å². The molecule has 0 N–H and O–H groups in total. The summed E-state index contributed by atoms with van der Waals surface area (Å²) in [6, 6.07) is 17.2. The van der Waals surface area contributed by atoms with Crippen LogP contribution in [0.25, 0.3) is 0 Å². The van der Waals surface area contributed by atoms with Crippen LogP contribution in [0.2, 0.25) is 0 Å². The third kappa shape index (κ3) is 2.97. The zero-order valence-corrected chi connectivity index (χ0v) is 10.5. The molecule has 0 saturated carbocycles. The van der Waals surface area contributed by atoms with Crippen LogP contribution < -0.4 is 0 Å². The number of benzene rings is 2. The molecule has 0 radical (unpaired) electrons. The Balaban J connectivity index is 2.37. The molecule has 2 heteroatoms. The van der Waals surface area contributed by atoms with Gasteiger partial charge in [-0.2, -0.15) is 5.26 Å². The minimum atomic E-state index is 0.606. The van der Waals surface area contributed by atoms with Crippen LogP contribution >= 0.6 is 15.9 Å². The lowest BCUT2D eigenvalue weighted by Gasteiger charge is -1.93. The molecular formula is C15H8BrN. The predicted molar refractivity (Wildman–Crippen MR) is 71.3 cm³/mol. The lowest BCUT2D eigenvalue weighted by atomic mass is 10.1. The smallest absolute Gasteiger partial charge is 0.100 e. The molecule has 0 fully saturated rings. The molecule has 1 nitrogen and oxygen atoms in total. The van der Waals surface area contributed by atoms with Crippen molar-refractivity contribution in [1.29, 1.82) is 5.26 Å². The first-order valence-electron chi connectivity index (χ1n) is 5.06. The first-order valence-corrected chi connectivity index (χ1v) is 5.85. The van der Waals surface area contributed by atoms with Gasteiger partial charge in [-0.3, -0.25) is 0 Å². The van der Waals surface area contributed by atoms with E-state index in [0.717, 1.165) is 15.6 Å². The lowest BCUT2D eigenvalue weighted by Crippen LogP contribution is -1.82. The Morgan fingerprint density at radius 1 is 0.882 bits per heavy atom. The Bertz CT molecular complexity index is 642. The molecule has 17 heavy (non-hydrogen) atoms. The normalized spacial score (nSPS) is 8.94.